The van der Waals surface area contributed by atoms with Gasteiger partial charge in [-0.1, -0.05) is 87.8 Å². The first-order valence-electron chi connectivity index (χ1n) is 6.95. The summed E-state index contributed by atoms with van der Waals surface area (Å²) >= 11 is 1.95. The van der Waals surface area contributed by atoms with Crippen molar-refractivity contribution in [1.82, 2.24) is 0 Å². The summed E-state index contributed by atoms with van der Waals surface area (Å²) < 4.78 is 0. The predicted octanol–water partition coefficient (Wildman–Crippen LogP) is 6.32. The number of rotatable bonds is 8. The molecular weight excluding hydrogens is 312 g/mol. The fourth-order valence-electron chi connectivity index (χ4n) is 1.72. The van der Waals surface area contributed by atoms with Crippen LogP contribution in [0.2, 0.25) is 0 Å². The molecule has 0 radical (unpaired) electrons. The molecule has 0 atom stereocenters. The van der Waals surface area contributed by atoms with Gasteiger partial charge in [-0.15, -0.1) is 0 Å². The fraction of sp³-hybridized carbons (Fsp3) is 0.222. The van der Waals surface area contributed by atoms with Gasteiger partial charge in [0.05, 0.1) is 0 Å². The topological polar surface area (TPSA) is 0 Å². The van der Waals surface area contributed by atoms with Crippen molar-refractivity contribution in [3.63, 3.8) is 0 Å². The summed E-state index contributed by atoms with van der Waals surface area (Å²) in [7, 11) is 3.71. The van der Waals surface area contributed by atoms with E-state index in [0.717, 1.165) is 17.3 Å². The number of benzene rings is 2. The highest BCUT2D eigenvalue weighted by Gasteiger charge is 1.93. The van der Waals surface area contributed by atoms with E-state index in [2.05, 4.69) is 73.0 Å². The minimum Gasteiger partial charge on any atom is -0.153 e. The van der Waals surface area contributed by atoms with Crippen molar-refractivity contribution in [2.24, 2.45) is 0 Å². The molecule has 21 heavy (non-hydrogen) atoms. The van der Waals surface area contributed by atoms with Crippen molar-refractivity contribution >= 4 is 33.3 Å². The molecule has 3 heteroatoms. The summed E-state index contributed by atoms with van der Waals surface area (Å²) in [5.41, 5.74) is 4.12. The van der Waals surface area contributed by atoms with Crippen LogP contribution in [0, 0.1) is 6.92 Å². The molecule has 0 spiro atoms. The largest absolute Gasteiger partial charge is 0.153 e. The Labute approximate surface area is 140 Å². The van der Waals surface area contributed by atoms with Crippen LogP contribution in [-0.2, 0) is 11.5 Å². The summed E-state index contributed by atoms with van der Waals surface area (Å²) in [6.07, 6.45) is 2.25. The average Bonchev–Trinajstić information content (AvgIpc) is 2.53. The lowest BCUT2D eigenvalue weighted by molar-refractivity contribution is 1.37. The van der Waals surface area contributed by atoms with E-state index in [-0.39, 0.29) is 0 Å². The molecule has 0 bridgehead atoms. The van der Waals surface area contributed by atoms with Crippen molar-refractivity contribution in [3.05, 3.63) is 82.8 Å². The number of thioether (sulfide) groups is 1. The molecule has 110 valence electrons. The van der Waals surface area contributed by atoms with Crippen molar-refractivity contribution in [3.8, 4) is 0 Å². The lowest BCUT2D eigenvalue weighted by Gasteiger charge is -2.00. The van der Waals surface area contributed by atoms with E-state index in [1.807, 2.05) is 33.3 Å². The van der Waals surface area contributed by atoms with Crippen LogP contribution >= 0.6 is 33.3 Å². The van der Waals surface area contributed by atoms with Crippen molar-refractivity contribution in [1.29, 1.82) is 0 Å². The zero-order valence-corrected chi connectivity index (χ0v) is 14.6. The maximum atomic E-state index is 2.25. The fourth-order valence-corrected chi connectivity index (χ4v) is 4.36. The van der Waals surface area contributed by atoms with E-state index < -0.39 is 0 Å². The Bertz CT molecular complexity index is 532. The van der Waals surface area contributed by atoms with Gasteiger partial charge in [-0.25, -0.2) is 0 Å². The molecule has 2 rings (SSSR count). The van der Waals surface area contributed by atoms with Gasteiger partial charge < -0.3 is 0 Å². The lowest BCUT2D eigenvalue weighted by atomic mass is 10.2. The van der Waals surface area contributed by atoms with E-state index in [1.54, 1.807) is 0 Å². The molecule has 0 amide bonds. The zero-order valence-electron chi connectivity index (χ0n) is 12.2. The predicted molar refractivity (Wildman–Crippen MR) is 102 cm³/mol. The van der Waals surface area contributed by atoms with Crippen LogP contribution in [0.25, 0.3) is 0 Å². The molecule has 0 aliphatic carbocycles. The van der Waals surface area contributed by atoms with Crippen LogP contribution in [-0.4, -0.2) is 5.75 Å². The molecule has 0 aliphatic heterocycles. The molecule has 0 unspecified atom stereocenters. The maximum Gasteiger partial charge on any atom is 0.0291 e. The molecule has 0 aromatic heterocycles. The second-order valence-electron chi connectivity index (χ2n) is 4.72. The van der Waals surface area contributed by atoms with Gasteiger partial charge in [0.2, 0.25) is 0 Å². The third-order valence-electron chi connectivity index (χ3n) is 2.89. The molecule has 0 saturated heterocycles. The molecule has 0 saturated carbocycles. The summed E-state index contributed by atoms with van der Waals surface area (Å²) in [6.45, 7) is 2.13. The maximum absolute atomic E-state index is 2.25. The molecule has 0 heterocycles. The van der Waals surface area contributed by atoms with E-state index in [0.29, 0.717) is 0 Å². The van der Waals surface area contributed by atoms with Gasteiger partial charge in [0.1, 0.15) is 0 Å². The Morgan fingerprint density at radius 1 is 0.857 bits per heavy atom. The Hall–Kier alpha value is -0.770. The first kappa shape index (κ1) is 16.6. The van der Waals surface area contributed by atoms with Gasteiger partial charge in [-0.2, -0.15) is 11.8 Å². The summed E-state index contributed by atoms with van der Waals surface area (Å²) in [6, 6.07) is 19.4. The first-order chi connectivity index (χ1) is 10.3. The summed E-state index contributed by atoms with van der Waals surface area (Å²) in [4.78, 5) is 0. The van der Waals surface area contributed by atoms with Crippen LogP contribution in [0.1, 0.15) is 16.7 Å². The van der Waals surface area contributed by atoms with Crippen molar-refractivity contribution in [2.45, 2.75) is 18.4 Å². The lowest BCUT2D eigenvalue weighted by Crippen LogP contribution is -1.79. The van der Waals surface area contributed by atoms with Gasteiger partial charge in [0.25, 0.3) is 0 Å². The minimum atomic E-state index is 1.06. The Balaban J connectivity index is 1.53. The number of hydrogen-bond donors (Lipinski definition) is 0. The van der Waals surface area contributed by atoms with Crippen LogP contribution in [0.4, 0.5) is 0 Å². The van der Waals surface area contributed by atoms with E-state index in [9.17, 15) is 0 Å². The monoisotopic (exact) mass is 332 g/mol. The molecule has 2 aromatic carbocycles. The Kier molecular flexibility index (Phi) is 7.94. The highest BCUT2D eigenvalue weighted by molar-refractivity contribution is 8.77. The standard InChI is InChI=1S/C18H20S3/c1-16-8-10-18(11-9-16)15-21-20-13-5-12-19-14-17-6-3-2-4-7-17/h2-11,13H,12,14-15H2,1H3/b13-5-. The molecule has 0 N–H and O–H groups in total. The zero-order chi connectivity index (χ0) is 14.8. The van der Waals surface area contributed by atoms with Crippen LogP contribution in [0.5, 0.6) is 0 Å². The van der Waals surface area contributed by atoms with E-state index in [4.69, 9.17) is 0 Å². The number of aryl methyl sites for hydroxylation is 1. The minimum absolute atomic E-state index is 1.06. The highest BCUT2D eigenvalue weighted by atomic mass is 33.1. The van der Waals surface area contributed by atoms with Crippen molar-refractivity contribution < 1.29 is 0 Å². The van der Waals surface area contributed by atoms with Gasteiger partial charge in [0.15, 0.2) is 0 Å². The number of hydrogen-bond acceptors (Lipinski definition) is 3. The SMILES string of the molecule is Cc1ccc(CSS/C=C\CSCc2ccccc2)cc1. The molecule has 0 fully saturated rings. The molecule has 2 aromatic rings. The Morgan fingerprint density at radius 2 is 1.57 bits per heavy atom. The van der Waals surface area contributed by atoms with Gasteiger partial charge in [-0.05, 0) is 23.5 Å². The normalized spacial score (nSPS) is 11.1. The molecule has 0 aliphatic rings. The van der Waals surface area contributed by atoms with Crippen LogP contribution < -0.4 is 0 Å². The average molecular weight is 333 g/mol. The smallest absolute Gasteiger partial charge is 0.0291 e. The van der Waals surface area contributed by atoms with E-state index in [1.165, 1.54) is 16.7 Å². The Morgan fingerprint density at radius 3 is 2.33 bits per heavy atom. The first-order valence-corrected chi connectivity index (χ1v) is 10.5. The van der Waals surface area contributed by atoms with Gasteiger partial charge >= 0.3 is 0 Å². The second kappa shape index (κ2) is 10.0. The summed E-state index contributed by atoms with van der Waals surface area (Å²) in [5, 5.41) is 2.21. The van der Waals surface area contributed by atoms with E-state index >= 15 is 0 Å². The van der Waals surface area contributed by atoms with Gasteiger partial charge in [-0.3, -0.25) is 0 Å². The quantitative estimate of drug-likeness (QED) is 0.410. The van der Waals surface area contributed by atoms with Crippen LogP contribution in [0.15, 0.2) is 66.1 Å². The van der Waals surface area contributed by atoms with Gasteiger partial charge in [0, 0.05) is 17.3 Å². The molecular formula is C18H20S3. The third kappa shape index (κ3) is 7.16. The van der Waals surface area contributed by atoms with Crippen molar-refractivity contribution in [2.75, 3.05) is 5.75 Å². The van der Waals surface area contributed by atoms with Crippen LogP contribution in [0.3, 0.4) is 0 Å². The summed E-state index contributed by atoms with van der Waals surface area (Å²) in [5.74, 6) is 3.23. The highest BCUT2D eigenvalue weighted by Crippen LogP contribution is 2.27. The molecule has 0 nitrogen and oxygen atoms in total. The third-order valence-corrected chi connectivity index (χ3v) is 5.84. The second-order valence-corrected chi connectivity index (χ2v) is 8.02.